The van der Waals surface area contributed by atoms with E-state index < -0.39 is 0 Å². The SMILES string of the molecule is CCCCNC(=O)Nc1ccncc1N. The molecule has 1 heterocycles. The quantitative estimate of drug-likeness (QED) is 0.657. The fourth-order valence-corrected chi connectivity index (χ4v) is 1.07. The standard InChI is InChI=1S/C10H16N4O/c1-2-3-5-13-10(15)14-9-4-6-12-7-8(9)11/h4,6-7H,2-3,5,11H2,1H3,(H2,12,13,14,15). The average molecular weight is 208 g/mol. The monoisotopic (exact) mass is 208 g/mol. The summed E-state index contributed by atoms with van der Waals surface area (Å²) in [6.07, 6.45) is 5.11. The van der Waals surface area contributed by atoms with E-state index in [4.69, 9.17) is 5.73 Å². The summed E-state index contributed by atoms with van der Waals surface area (Å²) in [7, 11) is 0. The number of nitrogens with two attached hydrogens (primary N) is 1. The van der Waals surface area contributed by atoms with Gasteiger partial charge in [0.1, 0.15) is 0 Å². The third kappa shape index (κ3) is 3.84. The van der Waals surface area contributed by atoms with Gasteiger partial charge in [0.25, 0.3) is 0 Å². The largest absolute Gasteiger partial charge is 0.396 e. The summed E-state index contributed by atoms with van der Waals surface area (Å²) < 4.78 is 0. The van der Waals surface area contributed by atoms with Crippen LogP contribution in [-0.4, -0.2) is 17.6 Å². The fourth-order valence-electron chi connectivity index (χ4n) is 1.07. The van der Waals surface area contributed by atoms with Crippen molar-refractivity contribution in [1.82, 2.24) is 10.3 Å². The van der Waals surface area contributed by atoms with Crippen molar-refractivity contribution in [3.05, 3.63) is 18.5 Å². The molecule has 2 amide bonds. The average Bonchev–Trinajstić information content (AvgIpc) is 2.22. The summed E-state index contributed by atoms with van der Waals surface area (Å²) in [5, 5.41) is 5.39. The molecule has 0 aliphatic carbocycles. The van der Waals surface area contributed by atoms with Gasteiger partial charge in [0, 0.05) is 12.7 Å². The molecule has 5 heteroatoms. The predicted molar refractivity (Wildman–Crippen MR) is 60.6 cm³/mol. The number of hydrogen-bond donors (Lipinski definition) is 3. The third-order valence-corrected chi connectivity index (χ3v) is 1.92. The zero-order valence-electron chi connectivity index (χ0n) is 8.79. The molecule has 0 atom stereocenters. The Kier molecular flexibility index (Phi) is 4.40. The molecule has 1 rings (SSSR count). The first kappa shape index (κ1) is 11.3. The van der Waals surface area contributed by atoms with Gasteiger partial charge >= 0.3 is 6.03 Å². The zero-order chi connectivity index (χ0) is 11.1. The van der Waals surface area contributed by atoms with Crippen LogP contribution in [0.4, 0.5) is 16.2 Å². The maximum Gasteiger partial charge on any atom is 0.319 e. The summed E-state index contributed by atoms with van der Waals surface area (Å²) in [5.74, 6) is 0. The molecule has 5 nitrogen and oxygen atoms in total. The topological polar surface area (TPSA) is 80.0 Å². The normalized spacial score (nSPS) is 9.67. The minimum Gasteiger partial charge on any atom is -0.396 e. The van der Waals surface area contributed by atoms with Crippen LogP contribution in [0.15, 0.2) is 18.5 Å². The lowest BCUT2D eigenvalue weighted by Gasteiger charge is -2.08. The molecule has 0 fully saturated rings. The number of carbonyl (C=O) groups is 1. The Morgan fingerprint density at radius 1 is 1.60 bits per heavy atom. The smallest absolute Gasteiger partial charge is 0.319 e. The van der Waals surface area contributed by atoms with Gasteiger partial charge in [0.2, 0.25) is 0 Å². The van der Waals surface area contributed by atoms with Crippen LogP contribution < -0.4 is 16.4 Å². The second-order valence-corrected chi connectivity index (χ2v) is 3.20. The maximum absolute atomic E-state index is 11.3. The van der Waals surface area contributed by atoms with E-state index >= 15 is 0 Å². The number of rotatable bonds is 4. The molecular weight excluding hydrogens is 192 g/mol. The van der Waals surface area contributed by atoms with Crippen molar-refractivity contribution >= 4 is 17.4 Å². The van der Waals surface area contributed by atoms with Crippen LogP contribution in [-0.2, 0) is 0 Å². The fraction of sp³-hybridized carbons (Fsp3) is 0.400. The van der Waals surface area contributed by atoms with Gasteiger partial charge in [-0.3, -0.25) is 4.98 Å². The molecule has 0 unspecified atom stereocenters. The number of unbranched alkanes of at least 4 members (excludes halogenated alkanes) is 1. The van der Waals surface area contributed by atoms with Crippen LogP contribution >= 0.6 is 0 Å². The van der Waals surface area contributed by atoms with E-state index in [1.807, 2.05) is 0 Å². The van der Waals surface area contributed by atoms with E-state index in [-0.39, 0.29) is 6.03 Å². The third-order valence-electron chi connectivity index (χ3n) is 1.92. The van der Waals surface area contributed by atoms with E-state index in [2.05, 4.69) is 22.5 Å². The van der Waals surface area contributed by atoms with Gasteiger partial charge in [-0.25, -0.2) is 4.79 Å². The summed E-state index contributed by atoms with van der Waals surface area (Å²) in [6, 6.07) is 1.43. The Balaban J connectivity index is 2.41. The molecule has 0 aliphatic rings. The number of hydrogen-bond acceptors (Lipinski definition) is 3. The molecule has 82 valence electrons. The number of nitrogens with one attached hydrogen (secondary N) is 2. The van der Waals surface area contributed by atoms with Crippen molar-refractivity contribution in [2.45, 2.75) is 19.8 Å². The molecule has 0 aliphatic heterocycles. The Labute approximate surface area is 89.1 Å². The number of aromatic nitrogens is 1. The first-order valence-corrected chi connectivity index (χ1v) is 4.98. The van der Waals surface area contributed by atoms with Gasteiger partial charge in [-0.15, -0.1) is 0 Å². The minimum absolute atomic E-state index is 0.235. The zero-order valence-corrected chi connectivity index (χ0v) is 8.79. The van der Waals surface area contributed by atoms with Crippen LogP contribution in [0.5, 0.6) is 0 Å². The predicted octanol–water partition coefficient (Wildman–Crippen LogP) is 1.59. The molecule has 0 bridgehead atoms. The van der Waals surface area contributed by atoms with Gasteiger partial charge in [0.05, 0.1) is 17.6 Å². The van der Waals surface area contributed by atoms with E-state index in [0.29, 0.717) is 17.9 Å². The highest BCUT2D eigenvalue weighted by Gasteiger charge is 2.02. The molecule has 1 aromatic heterocycles. The van der Waals surface area contributed by atoms with Crippen molar-refractivity contribution in [2.75, 3.05) is 17.6 Å². The lowest BCUT2D eigenvalue weighted by atomic mass is 10.3. The minimum atomic E-state index is -0.235. The van der Waals surface area contributed by atoms with Crippen LogP contribution in [0.1, 0.15) is 19.8 Å². The lowest BCUT2D eigenvalue weighted by Crippen LogP contribution is -2.29. The van der Waals surface area contributed by atoms with Crippen molar-refractivity contribution in [3.63, 3.8) is 0 Å². The summed E-state index contributed by atoms with van der Waals surface area (Å²) >= 11 is 0. The van der Waals surface area contributed by atoms with E-state index in [1.54, 1.807) is 12.3 Å². The number of nitrogens with zero attached hydrogens (tertiary/aromatic N) is 1. The Morgan fingerprint density at radius 2 is 2.40 bits per heavy atom. The van der Waals surface area contributed by atoms with Gasteiger partial charge in [-0.1, -0.05) is 13.3 Å². The van der Waals surface area contributed by atoms with E-state index in [9.17, 15) is 4.79 Å². The molecule has 4 N–H and O–H groups in total. The molecule has 15 heavy (non-hydrogen) atoms. The molecule has 0 saturated carbocycles. The van der Waals surface area contributed by atoms with Crippen LogP contribution in [0.3, 0.4) is 0 Å². The highest BCUT2D eigenvalue weighted by atomic mass is 16.2. The number of pyridine rings is 1. The van der Waals surface area contributed by atoms with Crippen molar-refractivity contribution < 1.29 is 4.79 Å². The van der Waals surface area contributed by atoms with Crippen molar-refractivity contribution in [3.8, 4) is 0 Å². The van der Waals surface area contributed by atoms with Crippen molar-refractivity contribution in [1.29, 1.82) is 0 Å². The second-order valence-electron chi connectivity index (χ2n) is 3.20. The first-order valence-electron chi connectivity index (χ1n) is 4.98. The molecule has 0 spiro atoms. The van der Waals surface area contributed by atoms with Crippen LogP contribution in [0.25, 0.3) is 0 Å². The number of amides is 2. The van der Waals surface area contributed by atoms with Crippen molar-refractivity contribution in [2.24, 2.45) is 0 Å². The number of urea groups is 1. The van der Waals surface area contributed by atoms with Crippen LogP contribution in [0.2, 0.25) is 0 Å². The lowest BCUT2D eigenvalue weighted by molar-refractivity contribution is 0.252. The number of carbonyl (C=O) groups excluding carboxylic acids is 1. The van der Waals surface area contributed by atoms with Gasteiger partial charge < -0.3 is 16.4 Å². The molecule has 0 radical (unpaired) electrons. The van der Waals surface area contributed by atoms with Gasteiger partial charge in [0.15, 0.2) is 0 Å². The molecule has 1 aromatic rings. The Hall–Kier alpha value is -1.78. The summed E-state index contributed by atoms with van der Waals surface area (Å²) in [5.41, 5.74) is 6.66. The molecule has 0 saturated heterocycles. The van der Waals surface area contributed by atoms with Gasteiger partial charge in [-0.05, 0) is 12.5 Å². The highest BCUT2D eigenvalue weighted by Crippen LogP contribution is 2.14. The summed E-state index contributed by atoms with van der Waals surface area (Å²) in [6.45, 7) is 2.74. The Morgan fingerprint density at radius 3 is 3.07 bits per heavy atom. The van der Waals surface area contributed by atoms with Crippen LogP contribution in [0, 0.1) is 0 Å². The molecular formula is C10H16N4O. The maximum atomic E-state index is 11.3. The molecule has 0 aromatic carbocycles. The van der Waals surface area contributed by atoms with E-state index in [1.165, 1.54) is 6.20 Å². The van der Waals surface area contributed by atoms with Gasteiger partial charge in [-0.2, -0.15) is 0 Å². The number of nitrogen functional groups attached to an aromatic ring is 1. The Bertz CT molecular complexity index is 327. The summed E-state index contributed by atoms with van der Waals surface area (Å²) in [4.78, 5) is 15.2. The number of anilines is 2. The highest BCUT2D eigenvalue weighted by molar-refractivity contribution is 5.92. The first-order chi connectivity index (χ1) is 7.24. The second kappa shape index (κ2) is 5.85. The van der Waals surface area contributed by atoms with E-state index in [0.717, 1.165) is 12.8 Å².